The van der Waals surface area contributed by atoms with Gasteiger partial charge in [0, 0.05) is 5.02 Å². The maximum absolute atomic E-state index is 6.20. The van der Waals surface area contributed by atoms with Gasteiger partial charge in [0.15, 0.2) is 0 Å². The Balaban J connectivity index is 2.37. The molecule has 17 heavy (non-hydrogen) atoms. The lowest BCUT2D eigenvalue weighted by Gasteiger charge is -2.14. The summed E-state index contributed by atoms with van der Waals surface area (Å²) in [6.45, 7) is 0. The normalized spacial score (nSPS) is 12.2. The molecule has 0 radical (unpaired) electrons. The van der Waals surface area contributed by atoms with E-state index in [0.717, 1.165) is 16.9 Å². The predicted octanol–water partition coefficient (Wildman–Crippen LogP) is 3.40. The SMILES string of the molecule is COc1cccc([C@H](N)c2ccccc2Cl)c1. The van der Waals surface area contributed by atoms with Crippen LogP contribution in [0, 0.1) is 0 Å². The van der Waals surface area contributed by atoms with Gasteiger partial charge in [-0.05, 0) is 29.3 Å². The Bertz CT molecular complexity index is 513. The molecule has 0 aromatic heterocycles. The van der Waals surface area contributed by atoms with Gasteiger partial charge in [0.1, 0.15) is 5.75 Å². The van der Waals surface area contributed by atoms with Crippen LogP contribution in [0.5, 0.6) is 5.75 Å². The molecule has 1 atom stereocenters. The Morgan fingerprint density at radius 1 is 1.12 bits per heavy atom. The lowest BCUT2D eigenvalue weighted by atomic mass is 9.99. The number of rotatable bonds is 3. The number of methoxy groups -OCH3 is 1. The van der Waals surface area contributed by atoms with Gasteiger partial charge in [-0.1, -0.05) is 41.9 Å². The van der Waals surface area contributed by atoms with Gasteiger partial charge in [-0.15, -0.1) is 0 Å². The predicted molar refractivity (Wildman–Crippen MR) is 70.5 cm³/mol. The molecule has 0 unspecified atom stereocenters. The maximum Gasteiger partial charge on any atom is 0.119 e. The molecular weight excluding hydrogens is 234 g/mol. The minimum absolute atomic E-state index is 0.237. The first-order valence-electron chi connectivity index (χ1n) is 5.36. The summed E-state index contributed by atoms with van der Waals surface area (Å²) in [6, 6.07) is 15.1. The molecule has 0 aliphatic carbocycles. The zero-order valence-corrected chi connectivity index (χ0v) is 10.3. The first-order valence-corrected chi connectivity index (χ1v) is 5.74. The molecule has 0 saturated carbocycles. The molecule has 0 spiro atoms. The smallest absolute Gasteiger partial charge is 0.119 e. The molecule has 2 nitrogen and oxygen atoms in total. The van der Waals surface area contributed by atoms with Gasteiger partial charge in [0.05, 0.1) is 13.2 Å². The van der Waals surface area contributed by atoms with E-state index in [1.54, 1.807) is 7.11 Å². The Morgan fingerprint density at radius 3 is 2.59 bits per heavy atom. The summed E-state index contributed by atoms with van der Waals surface area (Å²) in [5.74, 6) is 0.796. The molecule has 0 aliphatic rings. The second-order valence-corrected chi connectivity index (χ2v) is 4.18. The number of nitrogens with two attached hydrogens (primary N) is 1. The zero-order valence-electron chi connectivity index (χ0n) is 9.56. The van der Waals surface area contributed by atoms with Gasteiger partial charge in [-0.2, -0.15) is 0 Å². The third kappa shape index (κ3) is 2.60. The van der Waals surface area contributed by atoms with Crippen LogP contribution in [0.2, 0.25) is 5.02 Å². The van der Waals surface area contributed by atoms with Crippen molar-refractivity contribution in [1.82, 2.24) is 0 Å². The average molecular weight is 248 g/mol. The van der Waals surface area contributed by atoms with E-state index >= 15 is 0 Å². The first kappa shape index (κ1) is 12.0. The second-order valence-electron chi connectivity index (χ2n) is 3.78. The van der Waals surface area contributed by atoms with Crippen LogP contribution in [0.25, 0.3) is 0 Å². The third-order valence-electron chi connectivity index (χ3n) is 2.69. The van der Waals surface area contributed by atoms with Crippen LogP contribution in [0.15, 0.2) is 48.5 Å². The van der Waals surface area contributed by atoms with Gasteiger partial charge >= 0.3 is 0 Å². The Hall–Kier alpha value is -1.51. The van der Waals surface area contributed by atoms with Crippen molar-refractivity contribution in [2.24, 2.45) is 5.73 Å². The molecule has 88 valence electrons. The lowest BCUT2D eigenvalue weighted by Crippen LogP contribution is -2.12. The van der Waals surface area contributed by atoms with Crippen molar-refractivity contribution in [3.63, 3.8) is 0 Å². The molecule has 2 aromatic rings. The highest BCUT2D eigenvalue weighted by Crippen LogP contribution is 2.27. The van der Waals surface area contributed by atoms with Crippen molar-refractivity contribution in [3.05, 3.63) is 64.7 Å². The summed E-state index contributed by atoms with van der Waals surface area (Å²) in [7, 11) is 1.64. The third-order valence-corrected chi connectivity index (χ3v) is 3.04. The van der Waals surface area contributed by atoms with Crippen LogP contribution in [0.3, 0.4) is 0 Å². The molecule has 0 fully saturated rings. The van der Waals surface area contributed by atoms with Crippen molar-refractivity contribution in [2.75, 3.05) is 7.11 Å². The summed E-state index contributed by atoms with van der Waals surface area (Å²) in [5, 5.41) is 0.683. The van der Waals surface area contributed by atoms with Gasteiger partial charge in [0.25, 0.3) is 0 Å². The molecule has 0 bridgehead atoms. The minimum Gasteiger partial charge on any atom is -0.497 e. The molecule has 0 saturated heterocycles. The van der Waals surface area contributed by atoms with Gasteiger partial charge < -0.3 is 10.5 Å². The summed E-state index contributed by atoms with van der Waals surface area (Å²) in [4.78, 5) is 0. The van der Waals surface area contributed by atoms with Crippen LogP contribution in [0.1, 0.15) is 17.2 Å². The van der Waals surface area contributed by atoms with Crippen LogP contribution >= 0.6 is 11.6 Å². The molecule has 3 heteroatoms. The van der Waals surface area contributed by atoms with Crippen LogP contribution in [-0.2, 0) is 0 Å². The summed E-state index contributed by atoms with van der Waals surface area (Å²) >= 11 is 6.13. The van der Waals surface area contributed by atoms with E-state index in [-0.39, 0.29) is 6.04 Å². The second kappa shape index (κ2) is 5.21. The number of hydrogen-bond acceptors (Lipinski definition) is 2. The highest BCUT2D eigenvalue weighted by molar-refractivity contribution is 6.31. The number of benzene rings is 2. The van der Waals surface area contributed by atoms with Crippen molar-refractivity contribution in [3.8, 4) is 5.75 Å². The Morgan fingerprint density at radius 2 is 1.88 bits per heavy atom. The van der Waals surface area contributed by atoms with Gasteiger partial charge in [-0.25, -0.2) is 0 Å². The van der Waals surface area contributed by atoms with E-state index in [0.29, 0.717) is 5.02 Å². The van der Waals surface area contributed by atoms with Crippen molar-refractivity contribution in [2.45, 2.75) is 6.04 Å². The topological polar surface area (TPSA) is 35.2 Å². The van der Waals surface area contributed by atoms with Crippen LogP contribution in [-0.4, -0.2) is 7.11 Å². The van der Waals surface area contributed by atoms with E-state index in [1.807, 2.05) is 48.5 Å². The number of halogens is 1. The summed E-state index contributed by atoms with van der Waals surface area (Å²) in [5.41, 5.74) is 8.10. The molecule has 2 N–H and O–H groups in total. The van der Waals surface area contributed by atoms with E-state index in [9.17, 15) is 0 Å². The molecule has 0 aliphatic heterocycles. The molecule has 0 heterocycles. The number of hydrogen-bond donors (Lipinski definition) is 1. The minimum atomic E-state index is -0.237. The fraction of sp³-hybridized carbons (Fsp3) is 0.143. The maximum atomic E-state index is 6.20. The fourth-order valence-electron chi connectivity index (χ4n) is 1.74. The largest absolute Gasteiger partial charge is 0.497 e. The summed E-state index contributed by atoms with van der Waals surface area (Å²) in [6.07, 6.45) is 0. The highest BCUT2D eigenvalue weighted by Gasteiger charge is 2.12. The zero-order chi connectivity index (χ0) is 12.3. The average Bonchev–Trinajstić information content (AvgIpc) is 2.38. The monoisotopic (exact) mass is 247 g/mol. The highest BCUT2D eigenvalue weighted by atomic mass is 35.5. The summed E-state index contributed by atoms with van der Waals surface area (Å²) < 4.78 is 5.18. The van der Waals surface area contributed by atoms with Crippen molar-refractivity contribution in [1.29, 1.82) is 0 Å². The molecule has 2 aromatic carbocycles. The lowest BCUT2D eigenvalue weighted by molar-refractivity contribution is 0.414. The number of ether oxygens (including phenoxy) is 1. The standard InChI is InChI=1S/C14H14ClNO/c1-17-11-6-4-5-10(9-11)14(16)12-7-2-3-8-13(12)15/h2-9,14H,16H2,1H3/t14-/m0/s1. The van der Waals surface area contributed by atoms with Crippen LogP contribution in [0.4, 0.5) is 0 Å². The molecule has 0 amide bonds. The Kier molecular flexibility index (Phi) is 3.67. The van der Waals surface area contributed by atoms with E-state index in [2.05, 4.69) is 0 Å². The molecule has 2 rings (SSSR count). The van der Waals surface area contributed by atoms with E-state index in [1.165, 1.54) is 0 Å². The first-order chi connectivity index (χ1) is 8.22. The van der Waals surface area contributed by atoms with Crippen molar-refractivity contribution < 1.29 is 4.74 Å². The van der Waals surface area contributed by atoms with Gasteiger partial charge in [-0.3, -0.25) is 0 Å². The Labute approximate surface area is 106 Å². The van der Waals surface area contributed by atoms with Crippen molar-refractivity contribution >= 4 is 11.6 Å². The van der Waals surface area contributed by atoms with E-state index in [4.69, 9.17) is 22.1 Å². The van der Waals surface area contributed by atoms with Crippen LogP contribution < -0.4 is 10.5 Å². The van der Waals surface area contributed by atoms with Gasteiger partial charge in [0.2, 0.25) is 0 Å². The molecular formula is C14H14ClNO. The quantitative estimate of drug-likeness (QED) is 0.902. The fourth-order valence-corrected chi connectivity index (χ4v) is 2.00. The van der Waals surface area contributed by atoms with E-state index < -0.39 is 0 Å².